The van der Waals surface area contributed by atoms with Crippen LogP contribution in [0.3, 0.4) is 0 Å². The van der Waals surface area contributed by atoms with Crippen LogP contribution in [-0.4, -0.2) is 59.6 Å². The lowest BCUT2D eigenvalue weighted by Crippen LogP contribution is -2.63. The Kier molecular flexibility index (Phi) is 7.97. The van der Waals surface area contributed by atoms with E-state index in [1.165, 1.54) is 12.7 Å². The molecule has 2 saturated heterocycles. The van der Waals surface area contributed by atoms with Crippen molar-refractivity contribution in [3.63, 3.8) is 0 Å². The quantitative estimate of drug-likeness (QED) is 0.561. The number of carbonyl (C=O) groups is 2. The molecule has 1 unspecified atom stereocenters. The molecule has 188 valence electrons. The summed E-state index contributed by atoms with van der Waals surface area (Å²) in [6.45, 7) is 6.98. The summed E-state index contributed by atoms with van der Waals surface area (Å²) in [7, 11) is 1.36. The second kappa shape index (κ2) is 11.0. The molecule has 2 aliphatic heterocycles. The standard InChI is InChI=1S/C27H35ClN4O3/c1-4-19(2)23(25(33)35-3)30-26(34)31-14-11-27(12-15-31)18-32(17-21-8-5-6-10-22(21)28)24(27)20-9-7-13-29-16-20/h5-10,13,16,19,23-24H,4,11-12,14-15,17-18H2,1-3H3,(H,30,34)/t19-,23-,24?/m0/s1. The van der Waals surface area contributed by atoms with Crippen molar-refractivity contribution >= 4 is 23.6 Å². The number of likely N-dealkylation sites (tertiary alicyclic amines) is 2. The smallest absolute Gasteiger partial charge is 0.328 e. The maximum absolute atomic E-state index is 13.0. The van der Waals surface area contributed by atoms with Crippen LogP contribution >= 0.6 is 11.6 Å². The van der Waals surface area contributed by atoms with Gasteiger partial charge in [0.05, 0.1) is 7.11 Å². The Morgan fingerprint density at radius 1 is 1.23 bits per heavy atom. The number of halogens is 1. The van der Waals surface area contributed by atoms with Gasteiger partial charge in [-0.3, -0.25) is 9.88 Å². The number of ether oxygens (including phenoxy) is 1. The highest BCUT2D eigenvalue weighted by atomic mass is 35.5. The minimum absolute atomic E-state index is 0.00231. The SMILES string of the molecule is CC[C@H](C)[C@H](NC(=O)N1CCC2(CC1)CN(Cc1ccccc1Cl)C2c1cccnc1)C(=O)OC. The van der Waals surface area contributed by atoms with Gasteiger partial charge >= 0.3 is 12.0 Å². The van der Waals surface area contributed by atoms with E-state index in [4.69, 9.17) is 16.3 Å². The molecule has 1 aromatic heterocycles. The Balaban J connectivity index is 1.45. The van der Waals surface area contributed by atoms with Gasteiger partial charge in [0, 0.05) is 55.1 Å². The molecule has 0 saturated carbocycles. The summed E-state index contributed by atoms with van der Waals surface area (Å²) in [5, 5.41) is 3.70. The van der Waals surface area contributed by atoms with Crippen LogP contribution in [0.1, 0.15) is 50.3 Å². The van der Waals surface area contributed by atoms with Crippen molar-refractivity contribution in [3.8, 4) is 0 Å². The van der Waals surface area contributed by atoms with Crippen LogP contribution in [0.25, 0.3) is 0 Å². The molecule has 2 amide bonds. The van der Waals surface area contributed by atoms with Gasteiger partial charge < -0.3 is 15.0 Å². The minimum Gasteiger partial charge on any atom is -0.467 e. The molecule has 3 atom stereocenters. The zero-order valence-corrected chi connectivity index (χ0v) is 21.5. The van der Waals surface area contributed by atoms with Crippen molar-refractivity contribution in [1.82, 2.24) is 20.1 Å². The molecule has 4 rings (SSSR count). The molecule has 1 aromatic carbocycles. The molecular formula is C27H35ClN4O3. The van der Waals surface area contributed by atoms with Crippen LogP contribution in [0.15, 0.2) is 48.8 Å². The molecule has 3 heterocycles. The van der Waals surface area contributed by atoms with Crippen molar-refractivity contribution < 1.29 is 14.3 Å². The fourth-order valence-electron chi connectivity index (χ4n) is 5.56. The van der Waals surface area contributed by atoms with Crippen molar-refractivity contribution in [2.24, 2.45) is 11.3 Å². The summed E-state index contributed by atoms with van der Waals surface area (Å²) < 4.78 is 4.92. The highest BCUT2D eigenvalue weighted by Crippen LogP contribution is 2.55. The first-order valence-corrected chi connectivity index (χ1v) is 12.8. The van der Waals surface area contributed by atoms with E-state index >= 15 is 0 Å². The molecule has 2 aromatic rings. The van der Waals surface area contributed by atoms with E-state index < -0.39 is 12.0 Å². The van der Waals surface area contributed by atoms with E-state index in [0.717, 1.165) is 42.9 Å². The lowest BCUT2D eigenvalue weighted by Gasteiger charge is -2.60. The number of amides is 2. The maximum atomic E-state index is 13.0. The molecule has 35 heavy (non-hydrogen) atoms. The van der Waals surface area contributed by atoms with Crippen LogP contribution in [0.2, 0.25) is 5.02 Å². The molecule has 7 nitrogen and oxygen atoms in total. The van der Waals surface area contributed by atoms with Gasteiger partial charge in [0.1, 0.15) is 6.04 Å². The number of methoxy groups -OCH3 is 1. The van der Waals surface area contributed by atoms with E-state index in [-0.39, 0.29) is 23.4 Å². The highest BCUT2D eigenvalue weighted by molar-refractivity contribution is 6.31. The van der Waals surface area contributed by atoms with Gasteiger partial charge in [-0.2, -0.15) is 0 Å². The zero-order chi connectivity index (χ0) is 25.0. The summed E-state index contributed by atoms with van der Waals surface area (Å²) >= 11 is 6.46. The molecule has 1 N–H and O–H groups in total. The van der Waals surface area contributed by atoms with Crippen molar-refractivity contribution in [2.45, 2.75) is 51.7 Å². The van der Waals surface area contributed by atoms with Crippen molar-refractivity contribution in [1.29, 1.82) is 0 Å². The van der Waals surface area contributed by atoms with E-state index in [0.29, 0.717) is 13.1 Å². The lowest BCUT2D eigenvalue weighted by atomic mass is 9.63. The molecule has 0 bridgehead atoms. The number of nitrogens with zero attached hydrogens (tertiary/aromatic N) is 3. The summed E-state index contributed by atoms with van der Waals surface area (Å²) in [4.78, 5) is 33.9. The number of carbonyl (C=O) groups excluding carboxylic acids is 2. The van der Waals surface area contributed by atoms with Crippen LogP contribution in [0.4, 0.5) is 4.79 Å². The van der Waals surface area contributed by atoms with Gasteiger partial charge in [-0.15, -0.1) is 0 Å². The summed E-state index contributed by atoms with van der Waals surface area (Å²) in [6, 6.07) is 11.5. The van der Waals surface area contributed by atoms with Crippen molar-refractivity contribution in [2.75, 3.05) is 26.7 Å². The summed E-state index contributed by atoms with van der Waals surface area (Å²) in [6.07, 6.45) is 6.32. The number of benzene rings is 1. The molecule has 2 fully saturated rings. The number of nitrogens with one attached hydrogen (secondary N) is 1. The van der Waals surface area contributed by atoms with E-state index in [9.17, 15) is 9.59 Å². The lowest BCUT2D eigenvalue weighted by molar-refractivity contribution is -0.144. The van der Waals surface area contributed by atoms with Crippen molar-refractivity contribution in [3.05, 3.63) is 64.9 Å². The minimum atomic E-state index is -0.633. The average molecular weight is 499 g/mol. The fraction of sp³-hybridized carbons (Fsp3) is 0.519. The van der Waals surface area contributed by atoms with Gasteiger partial charge in [0.15, 0.2) is 0 Å². The van der Waals surface area contributed by atoms with Gasteiger partial charge in [0.25, 0.3) is 0 Å². The maximum Gasteiger partial charge on any atom is 0.328 e. The zero-order valence-electron chi connectivity index (χ0n) is 20.7. The number of aromatic nitrogens is 1. The van der Waals surface area contributed by atoms with E-state index in [2.05, 4.69) is 27.3 Å². The highest BCUT2D eigenvalue weighted by Gasteiger charge is 2.54. The van der Waals surface area contributed by atoms with Gasteiger partial charge in [-0.05, 0) is 42.0 Å². The molecule has 0 aliphatic carbocycles. The third-order valence-electron chi connectivity index (χ3n) is 7.79. The molecule has 2 aliphatic rings. The monoisotopic (exact) mass is 498 g/mol. The van der Waals surface area contributed by atoms with Gasteiger partial charge in [-0.1, -0.05) is 56.1 Å². The molecule has 1 spiro atoms. The number of esters is 1. The molecule has 0 radical (unpaired) electrons. The molecular weight excluding hydrogens is 464 g/mol. The van der Waals surface area contributed by atoms with Crippen LogP contribution in [-0.2, 0) is 16.1 Å². The Morgan fingerprint density at radius 2 is 1.97 bits per heavy atom. The summed E-state index contributed by atoms with van der Waals surface area (Å²) in [5.74, 6) is -0.394. The number of hydrogen-bond donors (Lipinski definition) is 1. The first-order chi connectivity index (χ1) is 16.9. The van der Waals surface area contributed by atoms with Gasteiger partial charge in [0.2, 0.25) is 0 Å². The normalized spacial score (nSPS) is 21.1. The fourth-order valence-corrected chi connectivity index (χ4v) is 5.75. The Bertz CT molecular complexity index is 1030. The number of piperidine rings is 1. The molecule has 8 heteroatoms. The second-order valence-electron chi connectivity index (χ2n) is 9.87. The largest absolute Gasteiger partial charge is 0.467 e. The number of rotatable bonds is 7. The van der Waals surface area contributed by atoms with E-state index in [1.54, 1.807) is 6.20 Å². The summed E-state index contributed by atoms with van der Waals surface area (Å²) in [5.41, 5.74) is 2.40. The van der Waals surface area contributed by atoms with Gasteiger partial charge in [-0.25, -0.2) is 9.59 Å². The predicted molar refractivity (Wildman–Crippen MR) is 136 cm³/mol. The Hall–Kier alpha value is -2.64. The number of pyridine rings is 1. The first kappa shape index (κ1) is 25.5. The second-order valence-corrected chi connectivity index (χ2v) is 10.3. The third kappa shape index (κ3) is 5.31. The predicted octanol–water partition coefficient (Wildman–Crippen LogP) is 4.67. The Labute approximate surface area is 212 Å². The van der Waals surface area contributed by atoms with Crippen LogP contribution < -0.4 is 5.32 Å². The topological polar surface area (TPSA) is 74.8 Å². The average Bonchev–Trinajstić information content (AvgIpc) is 2.88. The first-order valence-electron chi connectivity index (χ1n) is 12.4. The number of hydrogen-bond acceptors (Lipinski definition) is 5. The number of urea groups is 1. The Morgan fingerprint density at radius 3 is 2.60 bits per heavy atom. The van der Waals surface area contributed by atoms with E-state index in [1.807, 2.05) is 49.2 Å². The van der Waals surface area contributed by atoms with Crippen LogP contribution in [0.5, 0.6) is 0 Å². The third-order valence-corrected chi connectivity index (χ3v) is 8.16. The van der Waals surface area contributed by atoms with Crippen LogP contribution in [0, 0.1) is 11.3 Å².